The Morgan fingerprint density at radius 3 is 2.67 bits per heavy atom. The van der Waals surface area contributed by atoms with Gasteiger partial charge in [0.1, 0.15) is 11.5 Å². The molecule has 2 aromatic carbocycles. The molecule has 0 saturated heterocycles. The monoisotopic (exact) mass is 385 g/mol. The molecule has 0 bridgehead atoms. The molecule has 0 saturated carbocycles. The van der Waals surface area contributed by atoms with Crippen molar-refractivity contribution < 1.29 is 9.47 Å². The Morgan fingerprint density at radius 1 is 1.07 bits per heavy atom. The maximum Gasteiger partial charge on any atom is 0.249 e. The lowest BCUT2D eigenvalue weighted by Gasteiger charge is -2.13. The van der Waals surface area contributed by atoms with Crippen molar-refractivity contribution in [2.24, 2.45) is 0 Å². The summed E-state index contributed by atoms with van der Waals surface area (Å²) in [5.74, 6) is 2.19. The standard InChI is InChI=1S/C19H20ClN5O2/c1-4-27-16-8-6-5-7-14(16)22-18-11-21-25-19(24-18)23-15-9-12(2)13(20)10-17(15)26-3/h5-11H,4H2,1-3H3,(H2,22,23,24,25). The van der Waals surface area contributed by atoms with Crippen molar-refractivity contribution in [2.45, 2.75) is 13.8 Å². The van der Waals surface area contributed by atoms with E-state index in [1.54, 1.807) is 13.2 Å². The molecule has 7 nitrogen and oxygen atoms in total. The quantitative estimate of drug-likeness (QED) is 0.608. The first-order valence-corrected chi connectivity index (χ1v) is 8.78. The summed E-state index contributed by atoms with van der Waals surface area (Å²) in [6.07, 6.45) is 1.54. The van der Waals surface area contributed by atoms with Crippen LogP contribution in [0.3, 0.4) is 0 Å². The predicted molar refractivity (Wildman–Crippen MR) is 107 cm³/mol. The van der Waals surface area contributed by atoms with E-state index >= 15 is 0 Å². The fraction of sp³-hybridized carbons (Fsp3) is 0.211. The Kier molecular flexibility index (Phi) is 5.93. The molecule has 140 valence electrons. The van der Waals surface area contributed by atoms with E-state index < -0.39 is 0 Å². The lowest BCUT2D eigenvalue weighted by atomic mass is 10.2. The average Bonchev–Trinajstić information content (AvgIpc) is 2.66. The lowest BCUT2D eigenvalue weighted by molar-refractivity contribution is 0.342. The second-order valence-corrected chi connectivity index (χ2v) is 6.05. The summed E-state index contributed by atoms with van der Waals surface area (Å²) in [5.41, 5.74) is 2.41. The molecule has 0 fully saturated rings. The van der Waals surface area contributed by atoms with E-state index in [1.807, 2.05) is 44.2 Å². The molecule has 0 radical (unpaired) electrons. The van der Waals surface area contributed by atoms with Crippen molar-refractivity contribution >= 4 is 34.7 Å². The van der Waals surface area contributed by atoms with E-state index in [0.29, 0.717) is 34.8 Å². The molecule has 0 aliphatic carbocycles. The zero-order chi connectivity index (χ0) is 19.2. The van der Waals surface area contributed by atoms with E-state index in [0.717, 1.165) is 17.0 Å². The number of ether oxygens (including phenoxy) is 2. The van der Waals surface area contributed by atoms with Crippen LogP contribution in [0.1, 0.15) is 12.5 Å². The van der Waals surface area contributed by atoms with Gasteiger partial charge in [-0.25, -0.2) is 0 Å². The molecule has 0 aliphatic heterocycles. The number of nitrogens with one attached hydrogen (secondary N) is 2. The van der Waals surface area contributed by atoms with Crippen LogP contribution < -0.4 is 20.1 Å². The van der Waals surface area contributed by atoms with Gasteiger partial charge in [-0.1, -0.05) is 23.7 Å². The minimum absolute atomic E-state index is 0.328. The summed E-state index contributed by atoms with van der Waals surface area (Å²) < 4.78 is 11.0. The van der Waals surface area contributed by atoms with Crippen molar-refractivity contribution in [3.63, 3.8) is 0 Å². The van der Waals surface area contributed by atoms with Gasteiger partial charge in [-0.15, -0.1) is 5.10 Å². The molecule has 27 heavy (non-hydrogen) atoms. The van der Waals surface area contributed by atoms with Gasteiger partial charge in [0.2, 0.25) is 5.95 Å². The number of aromatic nitrogens is 3. The van der Waals surface area contributed by atoms with Crippen LogP contribution in [0.2, 0.25) is 5.02 Å². The van der Waals surface area contributed by atoms with E-state index in [9.17, 15) is 0 Å². The summed E-state index contributed by atoms with van der Waals surface area (Å²) >= 11 is 6.15. The Bertz CT molecular complexity index is 936. The molecule has 0 amide bonds. The summed E-state index contributed by atoms with van der Waals surface area (Å²) in [6.45, 7) is 4.42. The molecule has 1 heterocycles. The Balaban J connectivity index is 1.84. The fourth-order valence-electron chi connectivity index (χ4n) is 2.46. The van der Waals surface area contributed by atoms with Crippen LogP contribution in [0.5, 0.6) is 11.5 Å². The average molecular weight is 386 g/mol. The van der Waals surface area contributed by atoms with Crippen LogP contribution in [-0.2, 0) is 0 Å². The molecular weight excluding hydrogens is 366 g/mol. The molecule has 8 heteroatoms. The Morgan fingerprint density at radius 2 is 1.89 bits per heavy atom. The number of aryl methyl sites for hydroxylation is 1. The summed E-state index contributed by atoms with van der Waals surface area (Å²) in [5, 5.41) is 15.0. The second-order valence-electron chi connectivity index (χ2n) is 5.65. The summed E-state index contributed by atoms with van der Waals surface area (Å²) in [7, 11) is 1.58. The van der Waals surface area contributed by atoms with Gasteiger partial charge in [-0.3, -0.25) is 0 Å². The van der Waals surface area contributed by atoms with Crippen molar-refractivity contribution in [3.05, 3.63) is 53.2 Å². The second kappa shape index (κ2) is 8.55. The zero-order valence-corrected chi connectivity index (χ0v) is 16.0. The largest absolute Gasteiger partial charge is 0.495 e. The van der Waals surface area contributed by atoms with Gasteiger partial charge in [-0.05, 0) is 37.6 Å². The Labute approximate surface area is 162 Å². The molecule has 0 unspecified atom stereocenters. The zero-order valence-electron chi connectivity index (χ0n) is 15.3. The maximum absolute atomic E-state index is 6.15. The molecule has 0 atom stereocenters. The van der Waals surface area contributed by atoms with E-state index in [4.69, 9.17) is 21.1 Å². The fourth-order valence-corrected chi connectivity index (χ4v) is 2.61. The normalized spacial score (nSPS) is 10.4. The first-order chi connectivity index (χ1) is 13.1. The summed E-state index contributed by atoms with van der Waals surface area (Å²) in [6, 6.07) is 11.2. The topological polar surface area (TPSA) is 81.2 Å². The minimum atomic E-state index is 0.328. The molecule has 1 aromatic heterocycles. The van der Waals surface area contributed by atoms with Gasteiger partial charge in [-0.2, -0.15) is 10.1 Å². The van der Waals surface area contributed by atoms with Crippen LogP contribution in [0.25, 0.3) is 0 Å². The van der Waals surface area contributed by atoms with Gasteiger partial charge in [0, 0.05) is 11.1 Å². The molecule has 0 aliphatic rings. The van der Waals surface area contributed by atoms with Crippen LogP contribution >= 0.6 is 11.6 Å². The number of benzene rings is 2. The predicted octanol–water partition coefficient (Wildman–Crippen LogP) is 4.73. The highest BCUT2D eigenvalue weighted by atomic mass is 35.5. The molecule has 3 aromatic rings. The van der Waals surface area contributed by atoms with E-state index in [-0.39, 0.29) is 0 Å². The SMILES string of the molecule is CCOc1ccccc1Nc1cnnc(Nc2cc(C)c(Cl)cc2OC)n1. The third kappa shape index (κ3) is 4.57. The molecule has 2 N–H and O–H groups in total. The lowest BCUT2D eigenvalue weighted by Crippen LogP contribution is -2.04. The third-order valence-electron chi connectivity index (χ3n) is 3.74. The third-order valence-corrected chi connectivity index (χ3v) is 4.14. The maximum atomic E-state index is 6.15. The van der Waals surface area contributed by atoms with E-state index in [1.165, 1.54) is 6.20 Å². The highest BCUT2D eigenvalue weighted by molar-refractivity contribution is 6.31. The van der Waals surface area contributed by atoms with Crippen molar-refractivity contribution in [3.8, 4) is 11.5 Å². The number of hydrogen-bond acceptors (Lipinski definition) is 7. The van der Waals surface area contributed by atoms with Gasteiger partial charge in [0.05, 0.1) is 31.3 Å². The van der Waals surface area contributed by atoms with Gasteiger partial charge in [0.25, 0.3) is 0 Å². The van der Waals surface area contributed by atoms with Crippen LogP contribution in [0.15, 0.2) is 42.6 Å². The van der Waals surface area contributed by atoms with Crippen molar-refractivity contribution in [1.82, 2.24) is 15.2 Å². The number of anilines is 4. The van der Waals surface area contributed by atoms with Crippen LogP contribution in [-0.4, -0.2) is 28.9 Å². The first-order valence-electron chi connectivity index (χ1n) is 8.40. The smallest absolute Gasteiger partial charge is 0.249 e. The highest BCUT2D eigenvalue weighted by Crippen LogP contribution is 2.32. The van der Waals surface area contributed by atoms with E-state index in [2.05, 4.69) is 25.8 Å². The van der Waals surface area contributed by atoms with Gasteiger partial charge >= 0.3 is 0 Å². The summed E-state index contributed by atoms with van der Waals surface area (Å²) in [4.78, 5) is 4.45. The number of methoxy groups -OCH3 is 1. The van der Waals surface area contributed by atoms with Gasteiger partial charge in [0.15, 0.2) is 5.82 Å². The first kappa shape index (κ1) is 18.7. The number of halogens is 1. The van der Waals surface area contributed by atoms with Crippen molar-refractivity contribution in [2.75, 3.05) is 24.4 Å². The highest BCUT2D eigenvalue weighted by Gasteiger charge is 2.10. The van der Waals surface area contributed by atoms with Crippen LogP contribution in [0, 0.1) is 6.92 Å². The number of hydrogen-bond donors (Lipinski definition) is 2. The van der Waals surface area contributed by atoms with Crippen LogP contribution in [0.4, 0.5) is 23.1 Å². The molecule has 3 rings (SSSR count). The van der Waals surface area contributed by atoms with Crippen molar-refractivity contribution in [1.29, 1.82) is 0 Å². The number of para-hydroxylation sites is 2. The minimum Gasteiger partial charge on any atom is -0.495 e. The number of rotatable bonds is 7. The Hall–Kier alpha value is -3.06. The number of nitrogens with zero attached hydrogens (tertiary/aromatic N) is 3. The van der Waals surface area contributed by atoms with Gasteiger partial charge < -0.3 is 20.1 Å². The molecule has 0 spiro atoms. The molecular formula is C19H20ClN5O2.